The fourth-order valence-corrected chi connectivity index (χ4v) is 3.34. The van der Waals surface area contributed by atoms with E-state index < -0.39 is 5.41 Å². The molecule has 1 unspecified atom stereocenters. The largest absolute Gasteiger partial charge is 0.409 e. The molecular weight excluding hydrogens is 276 g/mol. The van der Waals surface area contributed by atoms with E-state index in [1.54, 1.807) is 6.20 Å². The molecule has 0 bridgehead atoms. The molecule has 6 nitrogen and oxygen atoms in total. The van der Waals surface area contributed by atoms with Crippen LogP contribution in [0.4, 0.5) is 0 Å². The van der Waals surface area contributed by atoms with Crippen LogP contribution in [0.1, 0.15) is 50.1 Å². The molecule has 1 heterocycles. The lowest BCUT2D eigenvalue weighted by molar-refractivity contribution is -0.129. The molecule has 20 heavy (non-hydrogen) atoms. The summed E-state index contributed by atoms with van der Waals surface area (Å²) >= 11 is 1.50. The summed E-state index contributed by atoms with van der Waals surface area (Å²) in [5.41, 5.74) is 4.93. The Morgan fingerprint density at radius 3 is 2.80 bits per heavy atom. The molecule has 0 aromatic carbocycles. The highest BCUT2D eigenvalue weighted by Gasteiger charge is 2.44. The highest BCUT2D eigenvalue weighted by atomic mass is 32.1. The Hall–Kier alpha value is -1.63. The maximum atomic E-state index is 12.6. The van der Waals surface area contributed by atoms with Crippen molar-refractivity contribution in [3.8, 4) is 0 Å². The fraction of sp³-hybridized carbons (Fsp3) is 0.615. The molecule has 1 aromatic heterocycles. The number of thiazole rings is 1. The number of nitrogens with zero attached hydrogens (tertiary/aromatic N) is 2. The number of amides is 1. The van der Waals surface area contributed by atoms with Crippen LogP contribution < -0.4 is 11.1 Å². The number of carbonyl (C=O) groups is 1. The van der Waals surface area contributed by atoms with Gasteiger partial charge in [-0.15, -0.1) is 11.3 Å². The Balaban J connectivity index is 2.15. The minimum Gasteiger partial charge on any atom is -0.409 e. The van der Waals surface area contributed by atoms with Crippen LogP contribution in [0.3, 0.4) is 0 Å². The third kappa shape index (κ3) is 2.77. The molecule has 4 N–H and O–H groups in total. The van der Waals surface area contributed by atoms with Gasteiger partial charge in [-0.3, -0.25) is 4.79 Å². The first-order valence-corrected chi connectivity index (χ1v) is 7.66. The number of oxime groups is 1. The van der Waals surface area contributed by atoms with Crippen molar-refractivity contribution in [1.29, 1.82) is 0 Å². The summed E-state index contributed by atoms with van der Waals surface area (Å²) in [6.07, 6.45) is 5.86. The monoisotopic (exact) mass is 296 g/mol. The van der Waals surface area contributed by atoms with Gasteiger partial charge in [-0.05, 0) is 19.8 Å². The summed E-state index contributed by atoms with van der Waals surface area (Å²) in [6.45, 7) is 1.89. The van der Waals surface area contributed by atoms with Gasteiger partial charge < -0.3 is 16.3 Å². The summed E-state index contributed by atoms with van der Waals surface area (Å²) < 4.78 is 0. The number of hydrogen-bond acceptors (Lipinski definition) is 5. The number of aromatic nitrogens is 1. The van der Waals surface area contributed by atoms with E-state index in [0.717, 1.165) is 24.3 Å². The quantitative estimate of drug-likeness (QED) is 0.342. The summed E-state index contributed by atoms with van der Waals surface area (Å²) in [7, 11) is 0. The highest BCUT2D eigenvalue weighted by Crippen LogP contribution is 2.37. The Morgan fingerprint density at radius 2 is 2.25 bits per heavy atom. The number of rotatable bonds is 4. The van der Waals surface area contributed by atoms with Gasteiger partial charge in [0, 0.05) is 11.6 Å². The van der Waals surface area contributed by atoms with Crippen LogP contribution in [0.25, 0.3) is 0 Å². The molecule has 0 saturated heterocycles. The Bertz CT molecular complexity index is 481. The van der Waals surface area contributed by atoms with E-state index in [9.17, 15) is 4.79 Å². The first-order chi connectivity index (χ1) is 9.60. The van der Waals surface area contributed by atoms with Crippen molar-refractivity contribution in [2.75, 3.05) is 0 Å². The Kier molecular flexibility index (Phi) is 4.59. The van der Waals surface area contributed by atoms with E-state index in [1.807, 2.05) is 12.3 Å². The van der Waals surface area contributed by atoms with Crippen molar-refractivity contribution in [1.82, 2.24) is 10.3 Å². The van der Waals surface area contributed by atoms with E-state index in [4.69, 9.17) is 10.9 Å². The zero-order chi connectivity index (χ0) is 14.6. The summed E-state index contributed by atoms with van der Waals surface area (Å²) in [4.78, 5) is 16.8. The van der Waals surface area contributed by atoms with Gasteiger partial charge >= 0.3 is 0 Å². The lowest BCUT2D eigenvalue weighted by atomic mass is 9.72. The fourth-order valence-electron chi connectivity index (χ4n) is 2.70. The van der Waals surface area contributed by atoms with Crippen molar-refractivity contribution in [2.24, 2.45) is 16.3 Å². The first kappa shape index (κ1) is 14.8. The van der Waals surface area contributed by atoms with Crippen molar-refractivity contribution in [2.45, 2.75) is 45.1 Å². The third-order valence-electron chi connectivity index (χ3n) is 3.91. The molecule has 1 atom stereocenters. The lowest BCUT2D eigenvalue weighted by Gasteiger charge is -2.35. The predicted molar refractivity (Wildman–Crippen MR) is 77.6 cm³/mol. The van der Waals surface area contributed by atoms with Crippen LogP contribution in [0.2, 0.25) is 0 Å². The van der Waals surface area contributed by atoms with Gasteiger partial charge in [0.2, 0.25) is 5.91 Å². The lowest BCUT2D eigenvalue weighted by Crippen LogP contribution is -2.51. The summed E-state index contributed by atoms with van der Waals surface area (Å²) in [6, 6.07) is -0.173. The van der Waals surface area contributed by atoms with Crippen LogP contribution in [-0.4, -0.2) is 21.9 Å². The number of nitrogens with two attached hydrogens (primary N) is 1. The van der Waals surface area contributed by atoms with Gasteiger partial charge in [0.05, 0.1) is 6.04 Å². The smallest absolute Gasteiger partial charge is 0.234 e. The van der Waals surface area contributed by atoms with Gasteiger partial charge in [0.15, 0.2) is 5.84 Å². The minimum absolute atomic E-state index is 0.0149. The number of hydrogen-bond donors (Lipinski definition) is 3. The maximum Gasteiger partial charge on any atom is 0.234 e. The first-order valence-electron chi connectivity index (χ1n) is 6.78. The summed E-state index contributed by atoms with van der Waals surface area (Å²) in [5.74, 6) is -0.156. The molecule has 0 spiro atoms. The Morgan fingerprint density at radius 1 is 1.55 bits per heavy atom. The standard InChI is InChI=1S/C13H20N4O2S/c1-9(10-15-7-8-20-10)16-12(18)13(11(14)17-19)5-3-2-4-6-13/h7-9,19H,2-6H2,1H3,(H2,14,17)(H,16,18). The van der Waals surface area contributed by atoms with E-state index in [2.05, 4.69) is 15.5 Å². The van der Waals surface area contributed by atoms with Crippen LogP contribution in [0.5, 0.6) is 0 Å². The van der Waals surface area contributed by atoms with Gasteiger partial charge in [-0.1, -0.05) is 24.4 Å². The molecule has 1 aliphatic rings. The minimum atomic E-state index is -0.876. The SMILES string of the molecule is CC(NC(=O)C1(C(N)=NO)CCCCC1)c1nccs1. The molecule has 1 aliphatic carbocycles. The van der Waals surface area contributed by atoms with E-state index >= 15 is 0 Å². The second-order valence-electron chi connectivity index (χ2n) is 5.19. The highest BCUT2D eigenvalue weighted by molar-refractivity contribution is 7.09. The van der Waals surface area contributed by atoms with Gasteiger partial charge in [0.25, 0.3) is 0 Å². The van der Waals surface area contributed by atoms with Crippen molar-refractivity contribution >= 4 is 23.1 Å². The van der Waals surface area contributed by atoms with Crippen molar-refractivity contribution < 1.29 is 10.0 Å². The topological polar surface area (TPSA) is 101 Å². The average molecular weight is 296 g/mol. The summed E-state index contributed by atoms with van der Waals surface area (Å²) in [5, 5.41) is 17.8. The van der Waals surface area contributed by atoms with E-state index in [0.29, 0.717) is 12.8 Å². The van der Waals surface area contributed by atoms with Crippen LogP contribution in [-0.2, 0) is 4.79 Å². The third-order valence-corrected chi connectivity index (χ3v) is 4.87. The zero-order valence-corrected chi connectivity index (χ0v) is 12.3. The van der Waals surface area contributed by atoms with Gasteiger partial charge in [-0.2, -0.15) is 0 Å². The molecule has 1 saturated carbocycles. The molecule has 0 radical (unpaired) electrons. The normalized spacial score (nSPS) is 20.4. The molecule has 110 valence electrons. The number of nitrogens with one attached hydrogen (secondary N) is 1. The average Bonchev–Trinajstić information content (AvgIpc) is 3.01. The predicted octanol–water partition coefficient (Wildman–Crippen LogP) is 2.02. The Labute approximate surface area is 122 Å². The molecule has 2 rings (SSSR count). The van der Waals surface area contributed by atoms with E-state index in [-0.39, 0.29) is 17.8 Å². The molecular formula is C13H20N4O2S. The number of carbonyl (C=O) groups excluding carboxylic acids is 1. The molecule has 1 fully saturated rings. The van der Waals surface area contributed by atoms with E-state index in [1.165, 1.54) is 11.3 Å². The number of amidine groups is 1. The van der Waals surface area contributed by atoms with Gasteiger partial charge in [0.1, 0.15) is 10.4 Å². The molecule has 1 aromatic rings. The van der Waals surface area contributed by atoms with Crippen molar-refractivity contribution in [3.05, 3.63) is 16.6 Å². The maximum absolute atomic E-state index is 12.6. The van der Waals surface area contributed by atoms with Crippen molar-refractivity contribution in [3.63, 3.8) is 0 Å². The van der Waals surface area contributed by atoms with Gasteiger partial charge in [-0.25, -0.2) is 4.98 Å². The molecule has 1 amide bonds. The zero-order valence-electron chi connectivity index (χ0n) is 11.5. The van der Waals surface area contributed by atoms with Crippen LogP contribution in [0, 0.1) is 5.41 Å². The molecule has 7 heteroatoms. The van der Waals surface area contributed by atoms with Crippen LogP contribution in [0.15, 0.2) is 16.7 Å². The van der Waals surface area contributed by atoms with Crippen LogP contribution >= 0.6 is 11.3 Å². The second kappa shape index (κ2) is 6.21. The molecule has 0 aliphatic heterocycles. The second-order valence-corrected chi connectivity index (χ2v) is 6.12.